The van der Waals surface area contributed by atoms with Crippen molar-refractivity contribution in [3.8, 4) is 11.5 Å². The summed E-state index contributed by atoms with van der Waals surface area (Å²) < 4.78 is 5.01. The fourth-order valence-electron chi connectivity index (χ4n) is 1.52. The van der Waals surface area contributed by atoms with E-state index >= 15 is 0 Å². The van der Waals surface area contributed by atoms with E-state index in [0.717, 1.165) is 0 Å². The molecule has 88 valence electrons. The highest BCUT2D eigenvalue weighted by Gasteiger charge is 2.18. The SMILES string of the molecule is COc1ccc(O)c(C(CN)CC(=O)O)c1. The molecule has 1 atom stereocenters. The molecule has 1 aromatic carbocycles. The van der Waals surface area contributed by atoms with Gasteiger partial charge in [-0.15, -0.1) is 0 Å². The molecule has 0 aromatic heterocycles. The van der Waals surface area contributed by atoms with Crippen LogP contribution in [-0.2, 0) is 4.79 Å². The number of phenolic OH excluding ortho intramolecular Hbond substituents is 1. The van der Waals surface area contributed by atoms with Gasteiger partial charge in [0.1, 0.15) is 11.5 Å². The number of rotatable bonds is 5. The van der Waals surface area contributed by atoms with Crippen LogP contribution in [0, 0.1) is 0 Å². The molecule has 5 heteroatoms. The van der Waals surface area contributed by atoms with Crippen molar-refractivity contribution in [2.75, 3.05) is 13.7 Å². The molecule has 0 saturated carbocycles. The third-order valence-corrected chi connectivity index (χ3v) is 2.38. The Morgan fingerprint density at radius 3 is 2.75 bits per heavy atom. The van der Waals surface area contributed by atoms with E-state index in [-0.39, 0.29) is 18.7 Å². The fraction of sp³-hybridized carbons (Fsp3) is 0.364. The van der Waals surface area contributed by atoms with Gasteiger partial charge in [-0.1, -0.05) is 0 Å². The van der Waals surface area contributed by atoms with Gasteiger partial charge in [-0.2, -0.15) is 0 Å². The summed E-state index contributed by atoms with van der Waals surface area (Å²) in [5, 5.41) is 18.4. The Morgan fingerprint density at radius 2 is 2.25 bits per heavy atom. The molecule has 0 radical (unpaired) electrons. The van der Waals surface area contributed by atoms with E-state index in [1.54, 1.807) is 12.1 Å². The molecular formula is C11H15NO4. The Bertz CT molecular complexity index is 378. The highest BCUT2D eigenvalue weighted by Crippen LogP contribution is 2.31. The molecule has 0 aliphatic carbocycles. The maximum absolute atomic E-state index is 10.6. The van der Waals surface area contributed by atoms with Gasteiger partial charge in [0, 0.05) is 11.5 Å². The number of carboxylic acid groups (broad SMARTS) is 1. The van der Waals surface area contributed by atoms with Gasteiger partial charge in [0.2, 0.25) is 0 Å². The second-order valence-electron chi connectivity index (χ2n) is 3.46. The molecule has 0 spiro atoms. The van der Waals surface area contributed by atoms with Gasteiger partial charge < -0.3 is 20.7 Å². The minimum Gasteiger partial charge on any atom is -0.508 e. The lowest BCUT2D eigenvalue weighted by Crippen LogP contribution is -2.16. The largest absolute Gasteiger partial charge is 0.508 e. The molecule has 0 aliphatic rings. The molecule has 0 saturated heterocycles. The van der Waals surface area contributed by atoms with Crippen molar-refractivity contribution in [2.24, 2.45) is 5.73 Å². The summed E-state index contributed by atoms with van der Waals surface area (Å²) >= 11 is 0. The third-order valence-electron chi connectivity index (χ3n) is 2.38. The van der Waals surface area contributed by atoms with E-state index in [9.17, 15) is 9.90 Å². The van der Waals surface area contributed by atoms with Crippen LogP contribution in [0.3, 0.4) is 0 Å². The highest BCUT2D eigenvalue weighted by atomic mass is 16.5. The number of carboxylic acids is 1. The molecule has 0 fully saturated rings. The van der Waals surface area contributed by atoms with Crippen LogP contribution >= 0.6 is 0 Å². The fourth-order valence-corrected chi connectivity index (χ4v) is 1.52. The van der Waals surface area contributed by atoms with Crippen molar-refractivity contribution >= 4 is 5.97 Å². The van der Waals surface area contributed by atoms with Crippen molar-refractivity contribution in [2.45, 2.75) is 12.3 Å². The first-order valence-electron chi connectivity index (χ1n) is 4.87. The van der Waals surface area contributed by atoms with Crippen molar-refractivity contribution in [1.29, 1.82) is 0 Å². The maximum Gasteiger partial charge on any atom is 0.304 e. The van der Waals surface area contributed by atoms with Crippen LogP contribution in [0.5, 0.6) is 11.5 Å². The third kappa shape index (κ3) is 2.87. The number of aliphatic carboxylic acids is 1. The Labute approximate surface area is 93.5 Å². The van der Waals surface area contributed by atoms with Crippen LogP contribution in [0.15, 0.2) is 18.2 Å². The number of aromatic hydroxyl groups is 1. The summed E-state index contributed by atoms with van der Waals surface area (Å²) in [5.41, 5.74) is 6.00. The van der Waals surface area contributed by atoms with Crippen LogP contribution in [0.2, 0.25) is 0 Å². The van der Waals surface area contributed by atoms with E-state index in [4.69, 9.17) is 15.6 Å². The molecule has 0 amide bonds. The first-order chi connectivity index (χ1) is 7.58. The molecule has 1 aromatic rings. The number of methoxy groups -OCH3 is 1. The van der Waals surface area contributed by atoms with Gasteiger partial charge in [-0.25, -0.2) is 0 Å². The zero-order valence-electron chi connectivity index (χ0n) is 9.01. The van der Waals surface area contributed by atoms with Gasteiger partial charge in [0.15, 0.2) is 0 Å². The van der Waals surface area contributed by atoms with E-state index in [0.29, 0.717) is 11.3 Å². The standard InChI is InChI=1S/C11H15NO4/c1-16-8-2-3-10(13)9(5-8)7(6-12)4-11(14)15/h2-3,5,7,13H,4,6,12H2,1H3,(H,14,15). The van der Waals surface area contributed by atoms with Crippen LogP contribution < -0.4 is 10.5 Å². The van der Waals surface area contributed by atoms with Crippen molar-refractivity contribution in [3.63, 3.8) is 0 Å². The van der Waals surface area contributed by atoms with Crippen molar-refractivity contribution in [3.05, 3.63) is 23.8 Å². The van der Waals surface area contributed by atoms with Gasteiger partial charge >= 0.3 is 5.97 Å². The van der Waals surface area contributed by atoms with E-state index in [1.807, 2.05) is 0 Å². The number of hydrogen-bond acceptors (Lipinski definition) is 4. The Balaban J connectivity index is 3.02. The van der Waals surface area contributed by atoms with E-state index in [2.05, 4.69) is 0 Å². The average molecular weight is 225 g/mol. The summed E-state index contributed by atoms with van der Waals surface area (Å²) in [6.45, 7) is 0.160. The number of phenols is 1. The van der Waals surface area contributed by atoms with Crippen molar-refractivity contribution in [1.82, 2.24) is 0 Å². The van der Waals surface area contributed by atoms with Gasteiger partial charge in [0.05, 0.1) is 13.5 Å². The first-order valence-corrected chi connectivity index (χ1v) is 4.87. The molecule has 1 rings (SSSR count). The zero-order valence-corrected chi connectivity index (χ0v) is 9.01. The van der Waals surface area contributed by atoms with Crippen molar-refractivity contribution < 1.29 is 19.7 Å². The molecular weight excluding hydrogens is 210 g/mol. The number of hydrogen-bond donors (Lipinski definition) is 3. The highest BCUT2D eigenvalue weighted by molar-refractivity contribution is 5.68. The minimum atomic E-state index is -0.947. The summed E-state index contributed by atoms with van der Waals surface area (Å²) in [4.78, 5) is 10.6. The summed E-state index contributed by atoms with van der Waals surface area (Å²) in [7, 11) is 1.50. The maximum atomic E-state index is 10.6. The predicted molar refractivity (Wildman–Crippen MR) is 58.7 cm³/mol. The van der Waals surface area contributed by atoms with Crippen LogP contribution in [0.1, 0.15) is 17.9 Å². The first kappa shape index (κ1) is 12.3. The summed E-state index contributed by atoms with van der Waals surface area (Å²) in [6, 6.07) is 4.68. The minimum absolute atomic E-state index is 0.0394. The summed E-state index contributed by atoms with van der Waals surface area (Å²) in [6.07, 6.45) is -0.114. The van der Waals surface area contributed by atoms with Gasteiger partial charge in [0.25, 0.3) is 0 Å². The van der Waals surface area contributed by atoms with Crippen LogP contribution in [0.4, 0.5) is 0 Å². The number of ether oxygens (including phenoxy) is 1. The Morgan fingerprint density at radius 1 is 1.56 bits per heavy atom. The molecule has 4 N–H and O–H groups in total. The lowest BCUT2D eigenvalue weighted by molar-refractivity contribution is -0.137. The molecule has 16 heavy (non-hydrogen) atoms. The number of nitrogens with two attached hydrogens (primary N) is 1. The van der Waals surface area contributed by atoms with Gasteiger partial charge in [-0.3, -0.25) is 4.79 Å². The lowest BCUT2D eigenvalue weighted by Gasteiger charge is -2.15. The van der Waals surface area contributed by atoms with Crippen LogP contribution in [-0.4, -0.2) is 29.8 Å². The molecule has 0 heterocycles. The monoisotopic (exact) mass is 225 g/mol. The average Bonchev–Trinajstić information content (AvgIpc) is 2.26. The summed E-state index contributed by atoms with van der Waals surface area (Å²) in [5.74, 6) is -0.751. The van der Waals surface area contributed by atoms with Crippen LogP contribution in [0.25, 0.3) is 0 Å². The smallest absolute Gasteiger partial charge is 0.304 e. The second-order valence-corrected chi connectivity index (χ2v) is 3.46. The molecule has 5 nitrogen and oxygen atoms in total. The Hall–Kier alpha value is -1.75. The quantitative estimate of drug-likeness (QED) is 0.692. The molecule has 1 unspecified atom stereocenters. The van der Waals surface area contributed by atoms with Gasteiger partial charge in [-0.05, 0) is 24.7 Å². The lowest BCUT2D eigenvalue weighted by atomic mass is 9.95. The zero-order chi connectivity index (χ0) is 12.1. The second kappa shape index (κ2) is 5.37. The molecule has 0 bridgehead atoms. The Kier molecular flexibility index (Phi) is 4.13. The molecule has 0 aliphatic heterocycles. The topological polar surface area (TPSA) is 92.8 Å². The van der Waals surface area contributed by atoms with E-state index in [1.165, 1.54) is 13.2 Å². The normalized spacial score (nSPS) is 12.1. The van der Waals surface area contributed by atoms with E-state index < -0.39 is 11.9 Å². The number of carbonyl (C=O) groups is 1. The number of benzene rings is 1. The predicted octanol–water partition coefficient (Wildman–Crippen LogP) is 0.918.